The number of ether oxygens (including phenoxy) is 1. The van der Waals surface area contributed by atoms with Crippen molar-refractivity contribution in [2.24, 2.45) is 0 Å². The number of nitrogen functional groups attached to an aromatic ring is 1. The van der Waals surface area contributed by atoms with Crippen LogP contribution in [0.4, 0.5) is 10.6 Å². The highest BCUT2D eigenvalue weighted by Crippen LogP contribution is 2.59. The summed E-state index contributed by atoms with van der Waals surface area (Å²) in [5.74, 6) is -0.108. The lowest BCUT2D eigenvalue weighted by Gasteiger charge is -2.19. The number of nitrogens with zero attached hydrogens (tertiary/aromatic N) is 2. The summed E-state index contributed by atoms with van der Waals surface area (Å²) in [6.07, 6.45) is -5.24. The predicted molar refractivity (Wildman–Crippen MR) is 86.9 cm³/mol. The number of phosphoric ester groups is 1. The number of hydrogen-bond donors (Lipinski definition) is 6. The Morgan fingerprint density at radius 2 is 1.96 bits per heavy atom. The average molecular weight is 448 g/mol. The fourth-order valence-electron chi connectivity index (χ4n) is 2.08. The molecule has 0 bridgehead atoms. The van der Waals surface area contributed by atoms with Crippen LogP contribution in [0, 0.1) is 0 Å². The molecule has 0 aliphatic carbocycles. The van der Waals surface area contributed by atoms with Gasteiger partial charge in [-0.05, 0) is 6.07 Å². The first-order valence-electron chi connectivity index (χ1n) is 6.93. The minimum absolute atomic E-state index is 0. The number of nitrogens with two attached hydrogens (primary N) is 1. The summed E-state index contributed by atoms with van der Waals surface area (Å²) in [7, 11) is -11.0. The third-order valence-corrected chi connectivity index (χ3v) is 5.96. The molecule has 0 amide bonds. The molecular weight excluding hydrogens is 430 g/mol. The molecule has 18 heteroatoms. The molecule has 1 aliphatic heterocycles. The molecule has 160 valence electrons. The van der Waals surface area contributed by atoms with E-state index in [2.05, 4.69) is 13.8 Å². The molecule has 6 atom stereocenters. The van der Waals surface area contributed by atoms with E-state index in [0.29, 0.717) is 0 Å². The van der Waals surface area contributed by atoms with E-state index in [0.717, 1.165) is 10.8 Å². The van der Waals surface area contributed by atoms with Crippen LogP contribution in [0.1, 0.15) is 6.23 Å². The van der Waals surface area contributed by atoms with Gasteiger partial charge in [0.2, 0.25) is 0 Å². The van der Waals surface area contributed by atoms with E-state index in [9.17, 15) is 38.9 Å². The fraction of sp³-hybridized carbons (Fsp3) is 0.500. The van der Waals surface area contributed by atoms with E-state index < -0.39 is 58.0 Å². The molecule has 2 rings (SSSR count). The van der Waals surface area contributed by atoms with Crippen molar-refractivity contribution in [2.75, 3.05) is 12.3 Å². The first kappa shape index (κ1) is 24.3. The fourth-order valence-corrected chi connectivity index (χ4v) is 3.99. The highest BCUT2D eigenvalue weighted by Gasteiger charge is 2.46. The molecule has 1 aromatic rings. The van der Waals surface area contributed by atoms with Gasteiger partial charge in [0.05, 0.1) is 6.61 Å². The number of phosphoric acid groups is 1. The molecule has 0 radical (unpaired) electrons. The monoisotopic (exact) mass is 448 g/mol. The van der Waals surface area contributed by atoms with E-state index in [4.69, 9.17) is 15.4 Å². The molecule has 1 saturated heterocycles. The SMILES string of the molecule is Nc1ccn([C@@H]2O[C@H](COP(=O)(O)OP(=O)(O)C(=O)[O-])[C@@H](O)[C@H]2O)c(=O)n1.[NH4+]. The van der Waals surface area contributed by atoms with Crippen molar-refractivity contribution >= 4 is 26.9 Å². The highest BCUT2D eigenvalue weighted by atomic mass is 31.3. The Morgan fingerprint density at radius 1 is 1.36 bits per heavy atom. The van der Waals surface area contributed by atoms with Gasteiger partial charge in [0, 0.05) is 6.20 Å². The molecular formula is C10H18N4O12P2. The molecule has 0 spiro atoms. The first-order chi connectivity index (χ1) is 12.3. The number of carbonyl (C=O) groups is 1. The Labute approximate surface area is 155 Å². The molecule has 1 fully saturated rings. The van der Waals surface area contributed by atoms with Crippen LogP contribution in [0.3, 0.4) is 0 Å². The van der Waals surface area contributed by atoms with Gasteiger partial charge in [-0.2, -0.15) is 4.98 Å². The summed E-state index contributed by atoms with van der Waals surface area (Å²) in [5, 5.41) is 30.2. The van der Waals surface area contributed by atoms with E-state index >= 15 is 0 Å². The molecule has 1 aliphatic rings. The number of rotatable bonds is 7. The Kier molecular flexibility index (Phi) is 7.60. The quantitative estimate of drug-likeness (QED) is 0.235. The second-order valence-electron chi connectivity index (χ2n) is 5.22. The molecule has 2 heterocycles. The smallest absolute Gasteiger partial charge is 0.479 e. The average Bonchev–Trinajstić information content (AvgIpc) is 2.80. The summed E-state index contributed by atoms with van der Waals surface area (Å²) in [6, 6.07) is 1.21. The summed E-state index contributed by atoms with van der Waals surface area (Å²) < 4.78 is 36.4. The maximum Gasteiger partial charge on any atom is 0.479 e. The van der Waals surface area contributed by atoms with Crippen LogP contribution in [-0.4, -0.2) is 60.2 Å². The van der Waals surface area contributed by atoms with Crippen LogP contribution in [0.2, 0.25) is 0 Å². The van der Waals surface area contributed by atoms with E-state index in [-0.39, 0.29) is 12.0 Å². The van der Waals surface area contributed by atoms with Crippen LogP contribution in [0.25, 0.3) is 0 Å². The van der Waals surface area contributed by atoms with Gasteiger partial charge < -0.3 is 46.5 Å². The Bertz CT molecular complexity index is 876. The third-order valence-electron chi connectivity index (χ3n) is 3.31. The van der Waals surface area contributed by atoms with Gasteiger partial charge in [-0.25, -0.2) is 13.7 Å². The van der Waals surface area contributed by atoms with Gasteiger partial charge in [-0.3, -0.25) is 13.7 Å². The second kappa shape index (κ2) is 8.75. The lowest BCUT2D eigenvalue weighted by atomic mass is 10.1. The second-order valence-corrected chi connectivity index (χ2v) is 8.48. The van der Waals surface area contributed by atoms with Crippen LogP contribution >= 0.6 is 15.4 Å². The number of quaternary nitrogens is 1. The van der Waals surface area contributed by atoms with Gasteiger partial charge in [-0.1, -0.05) is 0 Å². The Balaban J connectivity index is 0.00000392. The number of carboxylic acid groups (broad SMARTS) is 1. The normalized spacial score (nSPS) is 28.7. The van der Waals surface area contributed by atoms with Crippen molar-refractivity contribution < 1.29 is 52.6 Å². The van der Waals surface area contributed by atoms with Gasteiger partial charge in [0.15, 0.2) is 11.9 Å². The number of aromatic nitrogens is 2. The highest BCUT2D eigenvalue weighted by molar-refractivity contribution is 7.75. The number of aliphatic hydroxyl groups excluding tert-OH is 2. The maximum atomic E-state index is 11.8. The molecule has 0 aromatic carbocycles. The lowest BCUT2D eigenvalue weighted by molar-refractivity contribution is -0.236. The minimum Gasteiger partial charge on any atom is -0.538 e. The Hall–Kier alpha value is -1.71. The van der Waals surface area contributed by atoms with Gasteiger partial charge in [-0.15, -0.1) is 0 Å². The summed E-state index contributed by atoms with van der Waals surface area (Å²) in [5.41, 5.74) is 1.77. The Morgan fingerprint density at radius 3 is 2.50 bits per heavy atom. The lowest BCUT2D eigenvalue weighted by Crippen LogP contribution is -2.36. The summed E-state index contributed by atoms with van der Waals surface area (Å²) in [6.45, 7) is -0.979. The van der Waals surface area contributed by atoms with Crippen molar-refractivity contribution in [3.63, 3.8) is 0 Å². The maximum absolute atomic E-state index is 11.8. The summed E-state index contributed by atoms with van der Waals surface area (Å²) in [4.78, 5) is 43.6. The van der Waals surface area contributed by atoms with Crippen molar-refractivity contribution in [3.05, 3.63) is 22.7 Å². The van der Waals surface area contributed by atoms with Crippen LogP contribution in [0.15, 0.2) is 17.1 Å². The number of aliphatic hydroxyl groups is 2. The predicted octanol–water partition coefficient (Wildman–Crippen LogP) is -2.52. The molecule has 28 heavy (non-hydrogen) atoms. The minimum atomic E-state index is -5.60. The van der Waals surface area contributed by atoms with Crippen molar-refractivity contribution in [1.29, 1.82) is 0 Å². The largest absolute Gasteiger partial charge is 0.538 e. The van der Waals surface area contributed by atoms with Crippen LogP contribution in [0.5, 0.6) is 0 Å². The standard InChI is InChI=1S/C10H15N3O12P2.H3N/c11-5-1-2-13(9(16)12-5)8-7(15)6(14)4(24-8)3-23-27(21,22)25-26(19,20)10(17)18;/h1-2,4,6-8,14-15H,3H2,(H,17,18)(H,19,20)(H,21,22)(H2,11,12,16);1H3/t4-,6-,7-,8-;/m1./s1. The topological polar surface area (TPSA) is 280 Å². The number of hydrogen-bond acceptors (Lipinski definition) is 12. The molecule has 1 aromatic heterocycles. The molecule has 16 nitrogen and oxygen atoms in total. The van der Waals surface area contributed by atoms with Crippen molar-refractivity contribution in [3.8, 4) is 0 Å². The van der Waals surface area contributed by atoms with E-state index in [1.54, 1.807) is 0 Å². The zero-order valence-electron chi connectivity index (χ0n) is 14.1. The zero-order valence-corrected chi connectivity index (χ0v) is 15.9. The van der Waals surface area contributed by atoms with Crippen LogP contribution in [-0.2, 0) is 22.7 Å². The van der Waals surface area contributed by atoms with Crippen molar-refractivity contribution in [1.82, 2.24) is 15.7 Å². The molecule has 0 saturated carbocycles. The van der Waals surface area contributed by atoms with E-state index in [1.807, 2.05) is 0 Å². The first-order valence-corrected chi connectivity index (χ1v) is 10.0. The third kappa shape index (κ3) is 5.42. The number of anilines is 1. The van der Waals surface area contributed by atoms with Crippen molar-refractivity contribution in [2.45, 2.75) is 24.5 Å². The zero-order chi connectivity index (χ0) is 20.6. The van der Waals surface area contributed by atoms with Crippen LogP contribution < -0.4 is 22.7 Å². The number of carbonyl (C=O) groups excluding carboxylic acids is 1. The van der Waals surface area contributed by atoms with Gasteiger partial charge in [0.25, 0.3) is 0 Å². The summed E-state index contributed by atoms with van der Waals surface area (Å²) >= 11 is 0. The molecule has 2 unspecified atom stereocenters. The van der Waals surface area contributed by atoms with Gasteiger partial charge >= 0.3 is 21.1 Å². The van der Waals surface area contributed by atoms with E-state index in [1.165, 1.54) is 6.07 Å². The molecule has 10 N–H and O–H groups in total. The van der Waals surface area contributed by atoms with Gasteiger partial charge in [0.1, 0.15) is 24.1 Å².